The second-order valence-corrected chi connectivity index (χ2v) is 5.59. The van der Waals surface area contributed by atoms with Crippen LogP contribution in [0.15, 0.2) is 36.5 Å². The molecule has 0 spiro atoms. The number of aromatic nitrogens is 1. The van der Waals surface area contributed by atoms with Crippen LogP contribution >= 0.6 is 0 Å². The lowest BCUT2D eigenvalue weighted by molar-refractivity contribution is 0.0674. The Morgan fingerprint density at radius 1 is 1.25 bits per heavy atom. The number of carbonyl (C=O) groups is 1. The van der Waals surface area contributed by atoms with Crippen molar-refractivity contribution in [3.63, 3.8) is 0 Å². The monoisotopic (exact) mass is 269 g/mol. The predicted octanol–water partition coefficient (Wildman–Crippen LogP) is 2.06. The summed E-state index contributed by atoms with van der Waals surface area (Å²) in [6.45, 7) is 5.74. The van der Waals surface area contributed by atoms with Crippen molar-refractivity contribution in [3.05, 3.63) is 42.1 Å². The summed E-state index contributed by atoms with van der Waals surface area (Å²) in [6, 6.07) is 10.3. The normalized spacial score (nSPS) is 23.0. The van der Waals surface area contributed by atoms with Gasteiger partial charge in [-0.3, -0.25) is 9.78 Å². The van der Waals surface area contributed by atoms with E-state index in [4.69, 9.17) is 0 Å². The Hall–Kier alpha value is -1.94. The summed E-state index contributed by atoms with van der Waals surface area (Å²) in [4.78, 5) is 18.8. The van der Waals surface area contributed by atoms with E-state index >= 15 is 0 Å². The number of nitrogens with one attached hydrogen (secondary N) is 1. The van der Waals surface area contributed by atoms with Crippen molar-refractivity contribution in [2.75, 3.05) is 13.1 Å². The van der Waals surface area contributed by atoms with Crippen LogP contribution in [0.25, 0.3) is 10.9 Å². The first-order valence-corrected chi connectivity index (χ1v) is 7.03. The van der Waals surface area contributed by atoms with Gasteiger partial charge in [0.1, 0.15) is 0 Å². The SMILES string of the molecule is CC1CN(C(=O)c2ccc3ncccc3c2)CC(C)N1. The smallest absolute Gasteiger partial charge is 0.253 e. The van der Waals surface area contributed by atoms with Crippen molar-refractivity contribution in [2.24, 2.45) is 0 Å². The average molecular weight is 269 g/mol. The molecule has 4 heteroatoms. The molecule has 1 N–H and O–H groups in total. The zero-order chi connectivity index (χ0) is 14.1. The molecule has 4 nitrogen and oxygen atoms in total. The van der Waals surface area contributed by atoms with Crippen molar-refractivity contribution in [2.45, 2.75) is 25.9 Å². The molecule has 0 aliphatic carbocycles. The van der Waals surface area contributed by atoms with Gasteiger partial charge in [-0.25, -0.2) is 0 Å². The average Bonchev–Trinajstić information content (AvgIpc) is 2.45. The fraction of sp³-hybridized carbons (Fsp3) is 0.375. The number of piperazine rings is 1. The lowest BCUT2D eigenvalue weighted by atomic mass is 10.1. The first kappa shape index (κ1) is 13.1. The van der Waals surface area contributed by atoms with Crippen LogP contribution in [-0.4, -0.2) is 41.0 Å². The van der Waals surface area contributed by atoms with E-state index in [1.165, 1.54) is 0 Å². The molecule has 2 aromatic rings. The number of fused-ring (bicyclic) bond motifs is 1. The lowest BCUT2D eigenvalue weighted by Crippen LogP contribution is -2.55. The number of hydrogen-bond donors (Lipinski definition) is 1. The highest BCUT2D eigenvalue weighted by atomic mass is 16.2. The second kappa shape index (κ2) is 5.21. The van der Waals surface area contributed by atoms with Crippen LogP contribution in [0.3, 0.4) is 0 Å². The molecular formula is C16H19N3O. The van der Waals surface area contributed by atoms with E-state index in [1.807, 2.05) is 35.2 Å². The molecule has 0 bridgehead atoms. The fourth-order valence-electron chi connectivity index (χ4n) is 2.88. The van der Waals surface area contributed by atoms with E-state index in [0.717, 1.165) is 29.6 Å². The Morgan fingerprint density at radius 2 is 2.00 bits per heavy atom. The molecule has 2 unspecified atom stereocenters. The summed E-state index contributed by atoms with van der Waals surface area (Å²) in [5.74, 6) is 0.107. The highest BCUT2D eigenvalue weighted by Gasteiger charge is 2.25. The molecule has 2 heterocycles. The van der Waals surface area contributed by atoms with Crippen LogP contribution in [0.1, 0.15) is 24.2 Å². The van der Waals surface area contributed by atoms with Gasteiger partial charge in [0.2, 0.25) is 0 Å². The van der Waals surface area contributed by atoms with Crippen molar-refractivity contribution in [1.29, 1.82) is 0 Å². The van der Waals surface area contributed by atoms with Crippen LogP contribution < -0.4 is 5.32 Å². The van der Waals surface area contributed by atoms with Gasteiger partial charge < -0.3 is 10.2 Å². The van der Waals surface area contributed by atoms with Gasteiger partial charge in [0.05, 0.1) is 5.52 Å². The van der Waals surface area contributed by atoms with Crippen LogP contribution in [-0.2, 0) is 0 Å². The zero-order valence-corrected chi connectivity index (χ0v) is 11.8. The van der Waals surface area contributed by atoms with E-state index < -0.39 is 0 Å². The van der Waals surface area contributed by atoms with Gasteiger partial charge in [-0.2, -0.15) is 0 Å². The highest BCUT2D eigenvalue weighted by molar-refractivity contribution is 5.98. The van der Waals surface area contributed by atoms with Crippen molar-refractivity contribution < 1.29 is 4.79 Å². The third-order valence-corrected chi connectivity index (χ3v) is 3.69. The largest absolute Gasteiger partial charge is 0.336 e. The minimum Gasteiger partial charge on any atom is -0.336 e. The summed E-state index contributed by atoms with van der Waals surface area (Å²) < 4.78 is 0. The maximum Gasteiger partial charge on any atom is 0.253 e. The third kappa shape index (κ3) is 2.51. The molecule has 1 fully saturated rings. The third-order valence-electron chi connectivity index (χ3n) is 3.69. The molecule has 1 saturated heterocycles. The molecule has 1 aromatic carbocycles. The number of nitrogens with zero attached hydrogens (tertiary/aromatic N) is 2. The fourth-order valence-corrected chi connectivity index (χ4v) is 2.88. The van der Waals surface area contributed by atoms with Crippen LogP contribution in [0.5, 0.6) is 0 Å². The first-order chi connectivity index (χ1) is 9.63. The minimum atomic E-state index is 0.107. The van der Waals surface area contributed by atoms with Gasteiger partial charge >= 0.3 is 0 Å². The number of hydrogen-bond acceptors (Lipinski definition) is 3. The molecule has 1 amide bonds. The van der Waals surface area contributed by atoms with Crippen molar-refractivity contribution in [1.82, 2.24) is 15.2 Å². The van der Waals surface area contributed by atoms with E-state index in [-0.39, 0.29) is 5.91 Å². The molecule has 3 rings (SSSR count). The molecule has 1 aliphatic rings. The Balaban J connectivity index is 1.88. The first-order valence-electron chi connectivity index (χ1n) is 7.03. The lowest BCUT2D eigenvalue weighted by Gasteiger charge is -2.36. The quantitative estimate of drug-likeness (QED) is 0.862. The molecular weight excluding hydrogens is 250 g/mol. The van der Waals surface area contributed by atoms with Gasteiger partial charge in [0.25, 0.3) is 5.91 Å². The topological polar surface area (TPSA) is 45.2 Å². The molecule has 1 aromatic heterocycles. The van der Waals surface area contributed by atoms with Gasteiger partial charge in [0.15, 0.2) is 0 Å². The summed E-state index contributed by atoms with van der Waals surface area (Å²) >= 11 is 0. The standard InChI is InChI=1S/C16H19N3O/c1-11-9-19(10-12(2)18-11)16(20)14-5-6-15-13(8-14)4-3-7-17-15/h3-8,11-12,18H,9-10H2,1-2H3. The van der Waals surface area contributed by atoms with E-state index in [0.29, 0.717) is 12.1 Å². The predicted molar refractivity (Wildman–Crippen MR) is 79.7 cm³/mol. The maximum absolute atomic E-state index is 12.6. The zero-order valence-electron chi connectivity index (χ0n) is 11.8. The van der Waals surface area contributed by atoms with E-state index in [2.05, 4.69) is 24.1 Å². The molecule has 0 saturated carbocycles. The van der Waals surface area contributed by atoms with Gasteiger partial charge in [0, 0.05) is 42.3 Å². The minimum absolute atomic E-state index is 0.107. The Kier molecular flexibility index (Phi) is 3.40. The van der Waals surface area contributed by atoms with Gasteiger partial charge in [-0.1, -0.05) is 6.07 Å². The Bertz CT molecular complexity index is 630. The van der Waals surface area contributed by atoms with Crippen molar-refractivity contribution in [3.8, 4) is 0 Å². The van der Waals surface area contributed by atoms with Crippen LogP contribution in [0, 0.1) is 0 Å². The number of benzene rings is 1. The molecule has 104 valence electrons. The number of pyridine rings is 1. The van der Waals surface area contributed by atoms with Gasteiger partial charge in [-0.15, -0.1) is 0 Å². The highest BCUT2D eigenvalue weighted by Crippen LogP contribution is 2.16. The van der Waals surface area contributed by atoms with Crippen LogP contribution in [0.2, 0.25) is 0 Å². The molecule has 2 atom stereocenters. The number of amides is 1. The second-order valence-electron chi connectivity index (χ2n) is 5.59. The molecule has 1 aliphatic heterocycles. The summed E-state index contributed by atoms with van der Waals surface area (Å²) in [6.07, 6.45) is 1.77. The van der Waals surface area contributed by atoms with Crippen LogP contribution in [0.4, 0.5) is 0 Å². The Morgan fingerprint density at radius 3 is 2.75 bits per heavy atom. The number of carbonyl (C=O) groups excluding carboxylic acids is 1. The van der Waals surface area contributed by atoms with E-state index in [9.17, 15) is 4.79 Å². The number of rotatable bonds is 1. The summed E-state index contributed by atoms with van der Waals surface area (Å²) in [7, 11) is 0. The molecule has 0 radical (unpaired) electrons. The van der Waals surface area contributed by atoms with Crippen molar-refractivity contribution >= 4 is 16.8 Å². The van der Waals surface area contributed by atoms with E-state index in [1.54, 1.807) is 6.20 Å². The maximum atomic E-state index is 12.6. The molecule has 20 heavy (non-hydrogen) atoms. The van der Waals surface area contributed by atoms with Gasteiger partial charge in [-0.05, 0) is 38.1 Å². The summed E-state index contributed by atoms with van der Waals surface area (Å²) in [5, 5.41) is 4.45. The summed E-state index contributed by atoms with van der Waals surface area (Å²) in [5.41, 5.74) is 1.66. The Labute approximate surface area is 118 Å².